The molecule has 2 rings (SSSR count). The molecule has 0 fully saturated rings. The van der Waals surface area contributed by atoms with Gasteiger partial charge in [-0.05, 0) is 43.4 Å². The van der Waals surface area contributed by atoms with Crippen molar-refractivity contribution in [3.05, 3.63) is 29.9 Å². The zero-order valence-corrected chi connectivity index (χ0v) is 11.5. The van der Waals surface area contributed by atoms with Gasteiger partial charge < -0.3 is 10.2 Å². The van der Waals surface area contributed by atoms with Crippen LogP contribution in [-0.4, -0.2) is 11.5 Å². The van der Waals surface area contributed by atoms with Crippen molar-refractivity contribution in [3.8, 4) is 0 Å². The summed E-state index contributed by atoms with van der Waals surface area (Å²) in [5.74, 6) is 1.58. The van der Waals surface area contributed by atoms with Crippen molar-refractivity contribution in [2.24, 2.45) is 17.6 Å². The van der Waals surface area contributed by atoms with Crippen LogP contribution in [0.4, 0.5) is 4.39 Å². The Hall–Kier alpha value is -1.42. The average Bonchev–Trinajstić information content (AvgIpc) is 2.75. The minimum Gasteiger partial charge on any atom is -0.441 e. The van der Waals surface area contributed by atoms with Crippen LogP contribution in [0.1, 0.15) is 32.6 Å². The number of nitrogens with two attached hydrogens (primary N) is 1. The summed E-state index contributed by atoms with van der Waals surface area (Å²) in [6.45, 7) is 5.13. The van der Waals surface area contributed by atoms with Gasteiger partial charge in [-0.15, -0.1) is 0 Å². The molecule has 0 saturated carbocycles. The monoisotopic (exact) mass is 264 g/mol. The van der Waals surface area contributed by atoms with E-state index >= 15 is 0 Å². The quantitative estimate of drug-likeness (QED) is 0.868. The summed E-state index contributed by atoms with van der Waals surface area (Å²) < 4.78 is 18.7. The second-order valence-corrected chi connectivity index (χ2v) is 5.34. The number of nitrogens with zero attached hydrogens (tertiary/aromatic N) is 1. The van der Waals surface area contributed by atoms with Gasteiger partial charge in [-0.3, -0.25) is 0 Å². The largest absolute Gasteiger partial charge is 0.441 e. The molecule has 0 amide bonds. The number of rotatable bonds is 6. The molecule has 2 aromatic rings. The molecule has 0 bridgehead atoms. The van der Waals surface area contributed by atoms with Crippen molar-refractivity contribution in [2.75, 3.05) is 6.54 Å². The number of oxazole rings is 1. The van der Waals surface area contributed by atoms with E-state index in [0.29, 0.717) is 35.4 Å². The van der Waals surface area contributed by atoms with Crippen LogP contribution in [0.5, 0.6) is 0 Å². The predicted molar refractivity (Wildman–Crippen MR) is 74.3 cm³/mol. The second kappa shape index (κ2) is 6.15. The first kappa shape index (κ1) is 14.0. The molecule has 104 valence electrons. The highest BCUT2D eigenvalue weighted by atomic mass is 19.1. The average molecular weight is 264 g/mol. The topological polar surface area (TPSA) is 52.0 Å². The smallest absolute Gasteiger partial charge is 0.195 e. The van der Waals surface area contributed by atoms with E-state index in [1.54, 1.807) is 6.07 Å². The summed E-state index contributed by atoms with van der Waals surface area (Å²) in [5, 5.41) is 0. The van der Waals surface area contributed by atoms with Crippen molar-refractivity contribution >= 4 is 11.1 Å². The SMILES string of the molecule is CC(C)C(CCN)CCc1nc2cc(F)ccc2o1. The Morgan fingerprint density at radius 3 is 2.79 bits per heavy atom. The summed E-state index contributed by atoms with van der Waals surface area (Å²) in [5.41, 5.74) is 6.88. The van der Waals surface area contributed by atoms with Gasteiger partial charge in [0, 0.05) is 12.5 Å². The lowest BCUT2D eigenvalue weighted by molar-refractivity contribution is 0.330. The van der Waals surface area contributed by atoms with E-state index in [0.717, 1.165) is 19.3 Å². The Morgan fingerprint density at radius 1 is 1.32 bits per heavy atom. The maximum Gasteiger partial charge on any atom is 0.195 e. The van der Waals surface area contributed by atoms with Gasteiger partial charge in [-0.25, -0.2) is 9.37 Å². The standard InChI is InChI=1S/C15H21FN2O/c1-10(2)11(7-8-17)3-6-15-18-13-9-12(16)4-5-14(13)19-15/h4-5,9-11H,3,6-8,17H2,1-2H3. The van der Waals surface area contributed by atoms with E-state index in [1.165, 1.54) is 12.1 Å². The molecule has 1 unspecified atom stereocenters. The third-order valence-electron chi connectivity index (χ3n) is 3.60. The van der Waals surface area contributed by atoms with Gasteiger partial charge in [0.05, 0.1) is 0 Å². The highest BCUT2D eigenvalue weighted by molar-refractivity contribution is 5.72. The van der Waals surface area contributed by atoms with E-state index < -0.39 is 0 Å². The third kappa shape index (κ3) is 3.53. The molecule has 0 aliphatic heterocycles. The second-order valence-electron chi connectivity index (χ2n) is 5.34. The molecule has 3 nitrogen and oxygen atoms in total. The van der Waals surface area contributed by atoms with Crippen LogP contribution in [0, 0.1) is 17.7 Å². The Kier molecular flexibility index (Phi) is 4.53. The van der Waals surface area contributed by atoms with E-state index in [1.807, 2.05) is 0 Å². The Balaban J connectivity index is 2.04. The molecule has 1 aromatic carbocycles. The number of hydrogen-bond donors (Lipinski definition) is 1. The zero-order chi connectivity index (χ0) is 13.8. The number of aromatic nitrogens is 1. The summed E-state index contributed by atoms with van der Waals surface area (Å²) in [7, 11) is 0. The fourth-order valence-electron chi connectivity index (χ4n) is 2.39. The van der Waals surface area contributed by atoms with E-state index in [2.05, 4.69) is 18.8 Å². The zero-order valence-electron chi connectivity index (χ0n) is 11.5. The van der Waals surface area contributed by atoms with Crippen molar-refractivity contribution in [1.29, 1.82) is 0 Å². The summed E-state index contributed by atoms with van der Waals surface area (Å²) in [6.07, 6.45) is 2.80. The fraction of sp³-hybridized carbons (Fsp3) is 0.533. The van der Waals surface area contributed by atoms with Crippen molar-refractivity contribution in [2.45, 2.75) is 33.1 Å². The normalized spacial score (nSPS) is 13.3. The van der Waals surface area contributed by atoms with Crippen LogP contribution in [0.15, 0.2) is 22.6 Å². The minimum atomic E-state index is -0.282. The molecule has 1 heterocycles. The van der Waals surface area contributed by atoms with E-state index in [-0.39, 0.29) is 5.82 Å². The van der Waals surface area contributed by atoms with Crippen molar-refractivity contribution < 1.29 is 8.81 Å². The molecule has 0 aliphatic rings. The maximum absolute atomic E-state index is 13.1. The first-order valence-electron chi connectivity index (χ1n) is 6.85. The van der Waals surface area contributed by atoms with Gasteiger partial charge in [0.15, 0.2) is 11.5 Å². The summed E-state index contributed by atoms with van der Waals surface area (Å²) >= 11 is 0. The van der Waals surface area contributed by atoms with Gasteiger partial charge in [0.1, 0.15) is 11.3 Å². The Bertz CT molecular complexity index is 536. The van der Waals surface area contributed by atoms with Gasteiger partial charge in [0.2, 0.25) is 0 Å². The lowest BCUT2D eigenvalue weighted by Crippen LogP contribution is -2.15. The highest BCUT2D eigenvalue weighted by Gasteiger charge is 2.14. The number of halogens is 1. The first-order valence-corrected chi connectivity index (χ1v) is 6.85. The minimum absolute atomic E-state index is 0.282. The fourth-order valence-corrected chi connectivity index (χ4v) is 2.39. The molecule has 0 radical (unpaired) electrons. The predicted octanol–water partition coefficient (Wildman–Crippen LogP) is 3.52. The lowest BCUT2D eigenvalue weighted by atomic mass is 9.88. The molecule has 0 spiro atoms. The van der Waals surface area contributed by atoms with Gasteiger partial charge >= 0.3 is 0 Å². The first-order chi connectivity index (χ1) is 9.10. The molecule has 4 heteroatoms. The van der Waals surface area contributed by atoms with Crippen LogP contribution in [0.3, 0.4) is 0 Å². The number of benzene rings is 1. The maximum atomic E-state index is 13.1. The molecule has 0 saturated heterocycles. The third-order valence-corrected chi connectivity index (χ3v) is 3.60. The highest BCUT2D eigenvalue weighted by Crippen LogP contribution is 2.23. The van der Waals surface area contributed by atoms with Crippen LogP contribution >= 0.6 is 0 Å². The molecule has 2 N–H and O–H groups in total. The van der Waals surface area contributed by atoms with Gasteiger partial charge in [-0.1, -0.05) is 13.8 Å². The summed E-state index contributed by atoms with van der Waals surface area (Å²) in [6, 6.07) is 4.42. The molecule has 19 heavy (non-hydrogen) atoms. The van der Waals surface area contributed by atoms with Crippen molar-refractivity contribution in [3.63, 3.8) is 0 Å². The molecular weight excluding hydrogens is 243 g/mol. The summed E-state index contributed by atoms with van der Waals surface area (Å²) in [4.78, 5) is 4.33. The number of aryl methyl sites for hydroxylation is 1. The van der Waals surface area contributed by atoms with Crippen LogP contribution in [-0.2, 0) is 6.42 Å². The van der Waals surface area contributed by atoms with Crippen LogP contribution < -0.4 is 5.73 Å². The number of fused-ring (bicyclic) bond motifs is 1. The van der Waals surface area contributed by atoms with Crippen LogP contribution in [0.25, 0.3) is 11.1 Å². The molecule has 1 atom stereocenters. The van der Waals surface area contributed by atoms with E-state index in [4.69, 9.17) is 10.2 Å². The Labute approximate surface area is 113 Å². The lowest BCUT2D eigenvalue weighted by Gasteiger charge is -2.18. The van der Waals surface area contributed by atoms with Crippen LogP contribution in [0.2, 0.25) is 0 Å². The van der Waals surface area contributed by atoms with Gasteiger partial charge in [-0.2, -0.15) is 0 Å². The van der Waals surface area contributed by atoms with Crippen molar-refractivity contribution in [1.82, 2.24) is 4.98 Å². The Morgan fingerprint density at radius 2 is 2.11 bits per heavy atom. The molecule has 1 aromatic heterocycles. The van der Waals surface area contributed by atoms with E-state index in [9.17, 15) is 4.39 Å². The number of hydrogen-bond acceptors (Lipinski definition) is 3. The van der Waals surface area contributed by atoms with Gasteiger partial charge in [0.25, 0.3) is 0 Å². The molecule has 0 aliphatic carbocycles. The molecular formula is C15H21FN2O.